The van der Waals surface area contributed by atoms with Crippen molar-refractivity contribution in [1.82, 2.24) is 5.32 Å². The number of hydrogen-bond donors (Lipinski definition) is 2. The Morgan fingerprint density at radius 3 is 2.56 bits per heavy atom. The van der Waals surface area contributed by atoms with Crippen molar-refractivity contribution >= 4 is 17.3 Å². The van der Waals surface area contributed by atoms with Gasteiger partial charge in [-0.2, -0.15) is 0 Å². The van der Waals surface area contributed by atoms with E-state index in [1.54, 1.807) is 24.3 Å². The first-order chi connectivity index (χ1) is 15.3. The number of halogens is 3. The van der Waals surface area contributed by atoms with E-state index in [4.69, 9.17) is 4.74 Å². The third-order valence-electron chi connectivity index (χ3n) is 6.04. The van der Waals surface area contributed by atoms with Crippen LogP contribution in [0.5, 0.6) is 5.75 Å². The molecule has 32 heavy (non-hydrogen) atoms. The van der Waals surface area contributed by atoms with Crippen molar-refractivity contribution in [2.24, 2.45) is 5.92 Å². The summed E-state index contributed by atoms with van der Waals surface area (Å²) >= 11 is 0. The van der Waals surface area contributed by atoms with E-state index in [2.05, 4.69) is 10.6 Å². The van der Waals surface area contributed by atoms with Crippen molar-refractivity contribution in [3.8, 4) is 5.75 Å². The highest BCUT2D eigenvalue weighted by molar-refractivity contribution is 6.01. The molecule has 2 aromatic rings. The van der Waals surface area contributed by atoms with E-state index in [1.807, 2.05) is 11.0 Å². The quantitative estimate of drug-likeness (QED) is 0.609. The van der Waals surface area contributed by atoms with Crippen LogP contribution in [-0.4, -0.2) is 38.6 Å². The number of carbonyl (C=O) groups is 1. The third-order valence-corrected chi connectivity index (χ3v) is 6.04. The summed E-state index contributed by atoms with van der Waals surface area (Å²) in [6.07, 6.45) is 1.79. The van der Waals surface area contributed by atoms with Crippen LogP contribution >= 0.6 is 0 Å². The zero-order chi connectivity index (χ0) is 22.7. The van der Waals surface area contributed by atoms with Crippen molar-refractivity contribution < 1.29 is 22.7 Å². The molecular formula is C24H28F3N3O2. The molecule has 2 fully saturated rings. The van der Waals surface area contributed by atoms with Gasteiger partial charge in [-0.25, -0.2) is 13.2 Å². The molecule has 8 heteroatoms. The van der Waals surface area contributed by atoms with E-state index in [0.29, 0.717) is 35.9 Å². The number of rotatable bonds is 8. The van der Waals surface area contributed by atoms with E-state index in [-0.39, 0.29) is 37.6 Å². The molecule has 1 heterocycles. The number of alkyl halides is 2. The molecule has 1 saturated carbocycles. The Bertz CT molecular complexity index is 969. The topological polar surface area (TPSA) is 53.6 Å². The van der Waals surface area contributed by atoms with Gasteiger partial charge >= 0.3 is 0 Å². The van der Waals surface area contributed by atoms with Crippen LogP contribution in [0.1, 0.15) is 41.6 Å². The average Bonchev–Trinajstić information content (AvgIpc) is 3.61. The Kier molecular flexibility index (Phi) is 6.48. The summed E-state index contributed by atoms with van der Waals surface area (Å²) in [5.41, 5.74) is 2.55. The van der Waals surface area contributed by atoms with Crippen molar-refractivity contribution in [1.29, 1.82) is 0 Å². The standard InChI is InChI=1S/C24H28F3N3O2/c1-32-22-7-4-17(12-20(22)25)15-28-18-5-6-21(30-10-8-24(26,27)9-11-30)19(13-18)23(31)29-14-16-2-3-16/h4-7,12-13,16,28H,2-3,8-11,14-15H2,1H3,(H,29,31). The lowest BCUT2D eigenvalue weighted by atomic mass is 10.0. The number of methoxy groups -OCH3 is 1. The van der Waals surface area contributed by atoms with Gasteiger partial charge < -0.3 is 20.3 Å². The maximum Gasteiger partial charge on any atom is 0.253 e. The molecule has 4 rings (SSSR count). The van der Waals surface area contributed by atoms with Gasteiger partial charge in [0.1, 0.15) is 0 Å². The zero-order valence-corrected chi connectivity index (χ0v) is 18.1. The molecular weight excluding hydrogens is 419 g/mol. The second-order valence-electron chi connectivity index (χ2n) is 8.55. The second-order valence-corrected chi connectivity index (χ2v) is 8.55. The van der Waals surface area contributed by atoms with Crippen LogP contribution in [0.3, 0.4) is 0 Å². The predicted octanol–water partition coefficient (Wildman–Crippen LogP) is 4.82. The van der Waals surface area contributed by atoms with Crippen LogP contribution in [-0.2, 0) is 6.54 Å². The summed E-state index contributed by atoms with van der Waals surface area (Å²) in [5, 5.41) is 6.19. The van der Waals surface area contributed by atoms with E-state index in [1.165, 1.54) is 13.2 Å². The molecule has 0 radical (unpaired) electrons. The number of nitrogens with one attached hydrogen (secondary N) is 2. The monoisotopic (exact) mass is 447 g/mol. The minimum Gasteiger partial charge on any atom is -0.494 e. The molecule has 1 saturated heterocycles. The lowest BCUT2D eigenvalue weighted by Gasteiger charge is -2.34. The van der Waals surface area contributed by atoms with Crippen molar-refractivity contribution in [2.75, 3.05) is 37.0 Å². The Morgan fingerprint density at radius 1 is 1.16 bits per heavy atom. The van der Waals surface area contributed by atoms with Gasteiger partial charge in [-0.3, -0.25) is 4.79 Å². The van der Waals surface area contributed by atoms with Crippen LogP contribution < -0.4 is 20.3 Å². The maximum absolute atomic E-state index is 14.0. The van der Waals surface area contributed by atoms with Gasteiger partial charge in [-0.15, -0.1) is 0 Å². The largest absolute Gasteiger partial charge is 0.494 e. The van der Waals surface area contributed by atoms with Crippen molar-refractivity contribution in [3.05, 3.63) is 53.3 Å². The molecule has 0 bridgehead atoms. The van der Waals surface area contributed by atoms with E-state index >= 15 is 0 Å². The smallest absolute Gasteiger partial charge is 0.253 e. The van der Waals surface area contributed by atoms with Crippen molar-refractivity contribution in [2.45, 2.75) is 38.2 Å². The molecule has 2 N–H and O–H groups in total. The summed E-state index contributed by atoms with van der Waals surface area (Å²) in [6.45, 7) is 1.39. The highest BCUT2D eigenvalue weighted by atomic mass is 19.3. The van der Waals surface area contributed by atoms with E-state index in [9.17, 15) is 18.0 Å². The molecule has 1 amide bonds. The number of piperidine rings is 1. The molecule has 2 aliphatic rings. The van der Waals surface area contributed by atoms with Gasteiger partial charge in [-0.05, 0) is 54.7 Å². The Labute approximate surface area is 185 Å². The molecule has 5 nitrogen and oxygen atoms in total. The number of ether oxygens (including phenoxy) is 1. The molecule has 172 valence electrons. The minimum atomic E-state index is -2.65. The van der Waals surface area contributed by atoms with Gasteiger partial charge in [0.25, 0.3) is 11.8 Å². The second kappa shape index (κ2) is 9.30. The maximum atomic E-state index is 14.0. The van der Waals surface area contributed by atoms with Gasteiger partial charge in [0.15, 0.2) is 11.6 Å². The molecule has 0 aromatic heterocycles. The van der Waals surface area contributed by atoms with Crippen LogP contribution in [0.2, 0.25) is 0 Å². The van der Waals surface area contributed by atoms with Crippen LogP contribution in [0.25, 0.3) is 0 Å². The average molecular weight is 448 g/mol. The zero-order valence-electron chi connectivity index (χ0n) is 18.1. The summed E-state index contributed by atoms with van der Waals surface area (Å²) in [7, 11) is 1.41. The van der Waals surface area contributed by atoms with Gasteiger partial charge in [0, 0.05) is 50.4 Å². The van der Waals surface area contributed by atoms with Gasteiger partial charge in [0.05, 0.1) is 12.7 Å². The first-order valence-corrected chi connectivity index (χ1v) is 11.0. The lowest BCUT2D eigenvalue weighted by molar-refractivity contribution is -0.0220. The Morgan fingerprint density at radius 2 is 1.91 bits per heavy atom. The molecule has 0 spiro atoms. The first kappa shape index (κ1) is 22.3. The fraction of sp³-hybridized carbons (Fsp3) is 0.458. The number of amides is 1. The molecule has 1 aliphatic carbocycles. The van der Waals surface area contributed by atoms with Gasteiger partial charge in [0.2, 0.25) is 0 Å². The summed E-state index contributed by atoms with van der Waals surface area (Å²) < 4.78 is 46.1. The highest BCUT2D eigenvalue weighted by Gasteiger charge is 2.35. The third kappa shape index (κ3) is 5.47. The Balaban J connectivity index is 1.51. The normalized spacial score (nSPS) is 17.7. The summed E-state index contributed by atoms with van der Waals surface area (Å²) in [6, 6.07) is 10.1. The van der Waals surface area contributed by atoms with Crippen LogP contribution in [0.4, 0.5) is 24.5 Å². The fourth-order valence-electron chi connectivity index (χ4n) is 3.86. The number of anilines is 2. The van der Waals surface area contributed by atoms with Crippen LogP contribution in [0.15, 0.2) is 36.4 Å². The van der Waals surface area contributed by atoms with Crippen LogP contribution in [0, 0.1) is 11.7 Å². The minimum absolute atomic E-state index is 0.180. The summed E-state index contributed by atoms with van der Waals surface area (Å²) in [5.74, 6) is -2.59. The number of hydrogen-bond acceptors (Lipinski definition) is 4. The Hall–Kier alpha value is -2.90. The van der Waals surface area contributed by atoms with E-state index in [0.717, 1.165) is 18.4 Å². The van der Waals surface area contributed by atoms with Gasteiger partial charge in [-0.1, -0.05) is 6.07 Å². The fourth-order valence-corrected chi connectivity index (χ4v) is 3.86. The SMILES string of the molecule is COc1ccc(CNc2ccc(N3CCC(F)(F)CC3)c(C(=O)NCC3CC3)c2)cc1F. The predicted molar refractivity (Wildman–Crippen MR) is 118 cm³/mol. The summed E-state index contributed by atoms with van der Waals surface area (Å²) in [4.78, 5) is 14.8. The highest BCUT2D eigenvalue weighted by Crippen LogP contribution is 2.33. The molecule has 2 aromatic carbocycles. The first-order valence-electron chi connectivity index (χ1n) is 11.0. The number of benzene rings is 2. The molecule has 0 unspecified atom stereocenters. The van der Waals surface area contributed by atoms with E-state index < -0.39 is 11.7 Å². The van der Waals surface area contributed by atoms with Crippen molar-refractivity contribution in [3.63, 3.8) is 0 Å². The lowest BCUT2D eigenvalue weighted by Crippen LogP contribution is -2.40. The number of carbonyl (C=O) groups excluding carboxylic acids is 1. The number of nitrogens with zero attached hydrogens (tertiary/aromatic N) is 1. The molecule has 1 aliphatic heterocycles. The molecule has 0 atom stereocenters.